The first kappa shape index (κ1) is 13.4. The van der Waals surface area contributed by atoms with E-state index in [1.54, 1.807) is 0 Å². The Hall–Kier alpha value is -1.02. The summed E-state index contributed by atoms with van der Waals surface area (Å²) in [7, 11) is 0. The second-order valence-corrected chi connectivity index (χ2v) is 6.52. The van der Waals surface area contributed by atoms with Crippen LogP contribution in [0.1, 0.15) is 32.8 Å². The van der Waals surface area contributed by atoms with Gasteiger partial charge in [-0.05, 0) is 51.7 Å². The van der Waals surface area contributed by atoms with Gasteiger partial charge in [0.15, 0.2) is 0 Å². The fraction of sp³-hybridized carbons (Fsp3) is 0.625. The smallest absolute Gasteiger partial charge is 0.0396 e. The Kier molecular flexibility index (Phi) is 3.96. The van der Waals surface area contributed by atoms with Crippen molar-refractivity contribution in [1.82, 2.24) is 5.32 Å². The fourth-order valence-corrected chi connectivity index (χ4v) is 2.59. The van der Waals surface area contributed by atoms with Gasteiger partial charge in [-0.25, -0.2) is 0 Å². The summed E-state index contributed by atoms with van der Waals surface area (Å²) < 4.78 is 0. The van der Waals surface area contributed by atoms with Gasteiger partial charge in [0, 0.05) is 30.9 Å². The maximum absolute atomic E-state index is 3.62. The highest BCUT2D eigenvalue weighted by Crippen LogP contribution is 2.26. The van der Waals surface area contributed by atoms with Gasteiger partial charge in [-0.15, -0.1) is 0 Å². The van der Waals surface area contributed by atoms with Gasteiger partial charge >= 0.3 is 0 Å². The number of benzene rings is 1. The zero-order valence-electron chi connectivity index (χ0n) is 12.2. The topological polar surface area (TPSA) is 15.3 Å². The van der Waals surface area contributed by atoms with Crippen LogP contribution in [0.15, 0.2) is 24.3 Å². The number of para-hydroxylation sites is 1. The van der Waals surface area contributed by atoms with Gasteiger partial charge < -0.3 is 10.2 Å². The fourth-order valence-electron chi connectivity index (χ4n) is 2.59. The molecule has 0 bridgehead atoms. The molecule has 2 heteroatoms. The van der Waals surface area contributed by atoms with Gasteiger partial charge in [0.05, 0.1) is 0 Å². The number of rotatable bonds is 3. The lowest BCUT2D eigenvalue weighted by atomic mass is 10.1. The standard InChI is InChI=1S/C16H26N2/c1-13-7-5-6-8-15(13)18-10-9-14(12-18)11-17-16(2,3)4/h5-8,14,17H,9-12H2,1-4H3. The lowest BCUT2D eigenvalue weighted by Gasteiger charge is -2.24. The molecular weight excluding hydrogens is 220 g/mol. The molecule has 1 aliphatic heterocycles. The Labute approximate surface area is 111 Å². The summed E-state index contributed by atoms with van der Waals surface area (Å²) in [5.74, 6) is 0.781. The third-order valence-electron chi connectivity index (χ3n) is 3.66. The number of nitrogens with zero attached hydrogens (tertiary/aromatic N) is 1. The molecular formula is C16H26N2. The van der Waals surface area contributed by atoms with Crippen LogP contribution in [0.4, 0.5) is 5.69 Å². The van der Waals surface area contributed by atoms with Crippen molar-refractivity contribution in [1.29, 1.82) is 0 Å². The van der Waals surface area contributed by atoms with Crippen LogP contribution in [0.5, 0.6) is 0 Å². The second kappa shape index (κ2) is 5.31. The van der Waals surface area contributed by atoms with E-state index in [0.29, 0.717) is 0 Å². The van der Waals surface area contributed by atoms with E-state index in [9.17, 15) is 0 Å². The van der Waals surface area contributed by atoms with Gasteiger partial charge in [0.2, 0.25) is 0 Å². The van der Waals surface area contributed by atoms with Crippen molar-refractivity contribution in [2.24, 2.45) is 5.92 Å². The second-order valence-electron chi connectivity index (χ2n) is 6.52. The van der Waals surface area contributed by atoms with E-state index < -0.39 is 0 Å². The molecule has 1 aromatic rings. The van der Waals surface area contributed by atoms with Gasteiger partial charge in [0.25, 0.3) is 0 Å². The van der Waals surface area contributed by atoms with Crippen LogP contribution >= 0.6 is 0 Å². The molecule has 0 radical (unpaired) electrons. The maximum Gasteiger partial charge on any atom is 0.0396 e. The number of hydrogen-bond donors (Lipinski definition) is 1. The minimum absolute atomic E-state index is 0.232. The van der Waals surface area contributed by atoms with Crippen LogP contribution in [-0.4, -0.2) is 25.2 Å². The monoisotopic (exact) mass is 246 g/mol. The van der Waals surface area contributed by atoms with Crippen LogP contribution < -0.4 is 10.2 Å². The average Bonchev–Trinajstić information content (AvgIpc) is 2.75. The Morgan fingerprint density at radius 2 is 2.00 bits per heavy atom. The zero-order chi connectivity index (χ0) is 13.2. The average molecular weight is 246 g/mol. The predicted octanol–water partition coefficient (Wildman–Crippen LogP) is 3.21. The summed E-state index contributed by atoms with van der Waals surface area (Å²) in [6, 6.07) is 8.71. The van der Waals surface area contributed by atoms with Crippen LogP contribution in [0.25, 0.3) is 0 Å². The molecule has 100 valence electrons. The summed E-state index contributed by atoms with van der Waals surface area (Å²) >= 11 is 0. The van der Waals surface area contributed by atoms with Gasteiger partial charge in [-0.3, -0.25) is 0 Å². The molecule has 0 saturated carbocycles. The summed E-state index contributed by atoms with van der Waals surface area (Å²) in [5.41, 5.74) is 3.04. The first-order chi connectivity index (χ1) is 8.46. The van der Waals surface area contributed by atoms with Crippen molar-refractivity contribution >= 4 is 5.69 Å². The van der Waals surface area contributed by atoms with Crippen LogP contribution in [-0.2, 0) is 0 Å². The molecule has 0 aromatic heterocycles. The number of nitrogens with one attached hydrogen (secondary N) is 1. The zero-order valence-corrected chi connectivity index (χ0v) is 12.2. The van der Waals surface area contributed by atoms with Gasteiger partial charge in [-0.2, -0.15) is 0 Å². The largest absolute Gasteiger partial charge is 0.371 e. The van der Waals surface area contributed by atoms with Crippen molar-refractivity contribution in [3.05, 3.63) is 29.8 Å². The summed E-state index contributed by atoms with van der Waals surface area (Å²) in [6.07, 6.45) is 1.30. The van der Waals surface area contributed by atoms with Crippen LogP contribution in [0.2, 0.25) is 0 Å². The van der Waals surface area contributed by atoms with E-state index in [4.69, 9.17) is 0 Å². The predicted molar refractivity (Wildman–Crippen MR) is 79.3 cm³/mol. The number of anilines is 1. The van der Waals surface area contributed by atoms with E-state index in [1.165, 1.54) is 30.8 Å². The molecule has 1 aliphatic rings. The molecule has 1 heterocycles. The van der Waals surface area contributed by atoms with Crippen molar-refractivity contribution in [2.45, 2.75) is 39.7 Å². The SMILES string of the molecule is Cc1ccccc1N1CCC(CNC(C)(C)C)C1. The van der Waals surface area contributed by atoms with E-state index >= 15 is 0 Å². The summed E-state index contributed by atoms with van der Waals surface area (Å²) in [6.45, 7) is 12.4. The molecule has 1 atom stereocenters. The first-order valence-electron chi connectivity index (χ1n) is 7.01. The van der Waals surface area contributed by atoms with Crippen molar-refractivity contribution in [3.63, 3.8) is 0 Å². The van der Waals surface area contributed by atoms with Gasteiger partial charge in [-0.1, -0.05) is 18.2 Å². The minimum Gasteiger partial charge on any atom is -0.371 e. The van der Waals surface area contributed by atoms with E-state index in [2.05, 4.69) is 62.2 Å². The highest BCUT2D eigenvalue weighted by atomic mass is 15.2. The molecule has 1 aromatic carbocycles. The van der Waals surface area contributed by atoms with E-state index in [0.717, 1.165) is 12.5 Å². The third-order valence-corrected chi connectivity index (χ3v) is 3.66. The van der Waals surface area contributed by atoms with Crippen LogP contribution in [0.3, 0.4) is 0 Å². The Morgan fingerprint density at radius 1 is 1.28 bits per heavy atom. The van der Waals surface area contributed by atoms with Crippen molar-refractivity contribution in [3.8, 4) is 0 Å². The lowest BCUT2D eigenvalue weighted by Crippen LogP contribution is -2.39. The molecule has 1 saturated heterocycles. The van der Waals surface area contributed by atoms with E-state index in [-0.39, 0.29) is 5.54 Å². The molecule has 18 heavy (non-hydrogen) atoms. The summed E-state index contributed by atoms with van der Waals surface area (Å²) in [4.78, 5) is 2.53. The van der Waals surface area contributed by atoms with E-state index in [1.807, 2.05) is 0 Å². The van der Waals surface area contributed by atoms with Gasteiger partial charge in [0.1, 0.15) is 0 Å². The molecule has 2 rings (SSSR count). The summed E-state index contributed by atoms with van der Waals surface area (Å²) in [5, 5.41) is 3.62. The lowest BCUT2D eigenvalue weighted by molar-refractivity contribution is 0.383. The molecule has 1 N–H and O–H groups in total. The Bertz CT molecular complexity index is 392. The van der Waals surface area contributed by atoms with Crippen LogP contribution in [0, 0.1) is 12.8 Å². The molecule has 0 amide bonds. The first-order valence-corrected chi connectivity index (χ1v) is 7.01. The van der Waals surface area contributed by atoms with Crippen molar-refractivity contribution in [2.75, 3.05) is 24.5 Å². The molecule has 1 unspecified atom stereocenters. The number of aryl methyl sites for hydroxylation is 1. The quantitative estimate of drug-likeness (QED) is 0.881. The highest BCUT2D eigenvalue weighted by molar-refractivity contribution is 5.53. The maximum atomic E-state index is 3.62. The normalized spacial score (nSPS) is 20.4. The molecule has 0 aliphatic carbocycles. The minimum atomic E-state index is 0.232. The molecule has 2 nitrogen and oxygen atoms in total. The molecule has 1 fully saturated rings. The van der Waals surface area contributed by atoms with Crippen molar-refractivity contribution < 1.29 is 0 Å². The Balaban J connectivity index is 1.91. The Morgan fingerprint density at radius 3 is 2.67 bits per heavy atom. The molecule has 0 spiro atoms. The number of hydrogen-bond acceptors (Lipinski definition) is 2. The highest BCUT2D eigenvalue weighted by Gasteiger charge is 2.24. The third kappa shape index (κ3) is 3.49.